The lowest BCUT2D eigenvalue weighted by Crippen LogP contribution is -2.19. The van der Waals surface area contributed by atoms with Gasteiger partial charge in [0, 0.05) is 26.4 Å². The lowest BCUT2D eigenvalue weighted by molar-refractivity contribution is 0.199. The van der Waals surface area contributed by atoms with E-state index in [1.165, 1.54) is 25.7 Å². The van der Waals surface area contributed by atoms with Gasteiger partial charge in [0.1, 0.15) is 0 Å². The Morgan fingerprint density at radius 1 is 1.50 bits per heavy atom. The fraction of sp³-hybridized carbons (Fsp3) is 0.750. The minimum atomic E-state index is 0.646. The van der Waals surface area contributed by atoms with Crippen LogP contribution in [-0.2, 0) is 11.3 Å². The topological polar surface area (TPSA) is 39.1 Å². The summed E-state index contributed by atoms with van der Waals surface area (Å²) in [5.41, 5.74) is 1.13. The Morgan fingerprint density at radius 3 is 3.06 bits per heavy atom. The second kappa shape index (κ2) is 6.01. The van der Waals surface area contributed by atoms with Crippen molar-refractivity contribution in [1.29, 1.82) is 0 Å². The average molecular weight is 223 g/mol. The first kappa shape index (κ1) is 11.6. The summed E-state index contributed by atoms with van der Waals surface area (Å²) in [5.74, 6) is 0. The summed E-state index contributed by atoms with van der Waals surface area (Å²) in [6.45, 7) is 2.47. The van der Waals surface area contributed by atoms with Crippen molar-refractivity contribution in [2.45, 2.75) is 38.3 Å². The maximum Gasteiger partial charge on any atom is 0.0762 e. The van der Waals surface area contributed by atoms with Crippen LogP contribution in [0.4, 0.5) is 0 Å². The first-order chi connectivity index (χ1) is 7.90. The van der Waals surface area contributed by atoms with Crippen LogP contribution in [0.25, 0.3) is 0 Å². The van der Waals surface area contributed by atoms with Crippen molar-refractivity contribution in [2.75, 3.05) is 20.3 Å². The molecule has 0 aromatic carbocycles. The molecule has 1 aromatic rings. The lowest BCUT2D eigenvalue weighted by atomic mass is 10.3. The summed E-state index contributed by atoms with van der Waals surface area (Å²) in [4.78, 5) is 0. The molecule has 0 amide bonds. The zero-order valence-corrected chi connectivity index (χ0v) is 9.98. The Kier molecular flexibility index (Phi) is 4.36. The van der Waals surface area contributed by atoms with Gasteiger partial charge in [0.2, 0.25) is 0 Å². The summed E-state index contributed by atoms with van der Waals surface area (Å²) in [7, 11) is 1.72. The Labute approximate surface area is 97.0 Å². The zero-order chi connectivity index (χ0) is 11.2. The Bertz CT molecular complexity index is 305. The van der Waals surface area contributed by atoms with Gasteiger partial charge >= 0.3 is 0 Å². The molecule has 1 aromatic heterocycles. The van der Waals surface area contributed by atoms with Gasteiger partial charge in [-0.2, -0.15) is 5.10 Å². The van der Waals surface area contributed by atoms with Crippen LogP contribution < -0.4 is 5.32 Å². The van der Waals surface area contributed by atoms with Crippen molar-refractivity contribution < 1.29 is 4.74 Å². The fourth-order valence-electron chi connectivity index (χ4n) is 2.23. The van der Waals surface area contributed by atoms with Gasteiger partial charge in [-0.1, -0.05) is 12.8 Å². The summed E-state index contributed by atoms with van der Waals surface area (Å²) in [6.07, 6.45) is 7.40. The third-order valence-corrected chi connectivity index (χ3v) is 3.15. The number of nitrogens with one attached hydrogen (secondary N) is 1. The predicted molar refractivity (Wildman–Crippen MR) is 63.3 cm³/mol. The predicted octanol–water partition coefficient (Wildman–Crippen LogP) is 1.73. The summed E-state index contributed by atoms with van der Waals surface area (Å²) in [6, 6.07) is 2.76. The molecule has 0 spiro atoms. The molecule has 1 aliphatic carbocycles. The molecule has 90 valence electrons. The van der Waals surface area contributed by atoms with Crippen molar-refractivity contribution in [2.24, 2.45) is 0 Å². The molecule has 1 fully saturated rings. The van der Waals surface area contributed by atoms with Crippen LogP contribution in [0.15, 0.2) is 12.3 Å². The molecule has 0 atom stereocenters. The molecule has 2 rings (SSSR count). The van der Waals surface area contributed by atoms with Gasteiger partial charge < -0.3 is 10.1 Å². The van der Waals surface area contributed by atoms with E-state index >= 15 is 0 Å². The van der Waals surface area contributed by atoms with E-state index in [4.69, 9.17) is 4.74 Å². The van der Waals surface area contributed by atoms with Crippen LogP contribution in [0.5, 0.6) is 0 Å². The van der Waals surface area contributed by atoms with Crippen molar-refractivity contribution in [3.05, 3.63) is 18.0 Å². The molecule has 1 heterocycles. The van der Waals surface area contributed by atoms with Crippen molar-refractivity contribution in [1.82, 2.24) is 15.1 Å². The van der Waals surface area contributed by atoms with E-state index in [0.717, 1.165) is 25.4 Å². The smallest absolute Gasteiger partial charge is 0.0762 e. The quantitative estimate of drug-likeness (QED) is 0.747. The van der Waals surface area contributed by atoms with Crippen LogP contribution >= 0.6 is 0 Å². The molecule has 4 nitrogen and oxygen atoms in total. The Balaban J connectivity index is 1.77. The third kappa shape index (κ3) is 3.06. The van der Waals surface area contributed by atoms with E-state index in [0.29, 0.717) is 6.04 Å². The first-order valence-electron chi connectivity index (χ1n) is 6.14. The number of hydrogen-bond acceptors (Lipinski definition) is 3. The van der Waals surface area contributed by atoms with Gasteiger partial charge in [-0.3, -0.25) is 4.68 Å². The molecular formula is C12H21N3O. The average Bonchev–Trinajstić information content (AvgIpc) is 2.94. The van der Waals surface area contributed by atoms with E-state index in [1.54, 1.807) is 7.11 Å². The summed E-state index contributed by atoms with van der Waals surface area (Å²) >= 11 is 0. The molecule has 0 saturated heterocycles. The summed E-state index contributed by atoms with van der Waals surface area (Å²) in [5, 5.41) is 7.91. The lowest BCUT2D eigenvalue weighted by Gasteiger charge is -2.08. The fourth-order valence-corrected chi connectivity index (χ4v) is 2.23. The van der Waals surface area contributed by atoms with E-state index in [2.05, 4.69) is 27.4 Å². The van der Waals surface area contributed by atoms with Crippen LogP contribution in [0.1, 0.15) is 37.4 Å². The van der Waals surface area contributed by atoms with Crippen LogP contribution in [0.2, 0.25) is 0 Å². The highest BCUT2D eigenvalue weighted by Gasteiger charge is 2.17. The standard InChI is InChI=1S/C12H21N3O/c1-16-9-7-13-10-11-6-8-15(14-11)12-4-2-3-5-12/h6,8,12-13H,2-5,7,9-10H2,1H3. The highest BCUT2D eigenvalue weighted by molar-refractivity contribution is 4.99. The van der Waals surface area contributed by atoms with Gasteiger partial charge in [0.15, 0.2) is 0 Å². The van der Waals surface area contributed by atoms with Crippen LogP contribution in [-0.4, -0.2) is 30.0 Å². The van der Waals surface area contributed by atoms with Gasteiger partial charge in [-0.05, 0) is 18.9 Å². The van der Waals surface area contributed by atoms with Gasteiger partial charge in [-0.15, -0.1) is 0 Å². The number of rotatable bonds is 6. The Hall–Kier alpha value is -0.870. The molecule has 0 bridgehead atoms. The van der Waals surface area contributed by atoms with Crippen molar-refractivity contribution in [3.63, 3.8) is 0 Å². The number of hydrogen-bond donors (Lipinski definition) is 1. The molecule has 1 N–H and O–H groups in total. The van der Waals surface area contributed by atoms with E-state index in [-0.39, 0.29) is 0 Å². The molecular weight excluding hydrogens is 202 g/mol. The van der Waals surface area contributed by atoms with Crippen LogP contribution in [0.3, 0.4) is 0 Å². The zero-order valence-electron chi connectivity index (χ0n) is 9.98. The van der Waals surface area contributed by atoms with E-state index in [1.807, 2.05) is 0 Å². The first-order valence-corrected chi connectivity index (χ1v) is 6.14. The van der Waals surface area contributed by atoms with Gasteiger partial charge in [0.25, 0.3) is 0 Å². The van der Waals surface area contributed by atoms with Crippen molar-refractivity contribution >= 4 is 0 Å². The second-order valence-corrected chi connectivity index (χ2v) is 4.39. The minimum absolute atomic E-state index is 0.646. The minimum Gasteiger partial charge on any atom is -0.383 e. The number of aromatic nitrogens is 2. The Morgan fingerprint density at radius 2 is 2.31 bits per heavy atom. The van der Waals surface area contributed by atoms with Gasteiger partial charge in [-0.25, -0.2) is 0 Å². The highest BCUT2D eigenvalue weighted by Crippen LogP contribution is 2.28. The number of ether oxygens (including phenoxy) is 1. The SMILES string of the molecule is COCCNCc1ccn(C2CCCC2)n1. The molecule has 4 heteroatoms. The molecule has 0 unspecified atom stereocenters. The normalized spacial score (nSPS) is 17.1. The molecule has 1 saturated carbocycles. The van der Waals surface area contributed by atoms with Crippen molar-refractivity contribution in [3.8, 4) is 0 Å². The molecule has 16 heavy (non-hydrogen) atoms. The highest BCUT2D eigenvalue weighted by atomic mass is 16.5. The van der Waals surface area contributed by atoms with E-state index < -0.39 is 0 Å². The van der Waals surface area contributed by atoms with Crippen LogP contribution in [0, 0.1) is 0 Å². The summed E-state index contributed by atoms with van der Waals surface area (Å²) < 4.78 is 7.12. The molecule has 0 radical (unpaired) electrons. The number of nitrogens with zero attached hydrogens (tertiary/aromatic N) is 2. The third-order valence-electron chi connectivity index (χ3n) is 3.15. The largest absolute Gasteiger partial charge is 0.383 e. The number of methoxy groups -OCH3 is 1. The monoisotopic (exact) mass is 223 g/mol. The molecule has 0 aliphatic heterocycles. The maximum absolute atomic E-state index is 4.98. The second-order valence-electron chi connectivity index (χ2n) is 4.39. The van der Waals surface area contributed by atoms with E-state index in [9.17, 15) is 0 Å². The van der Waals surface area contributed by atoms with Gasteiger partial charge in [0.05, 0.1) is 18.3 Å². The maximum atomic E-state index is 4.98. The molecule has 1 aliphatic rings.